The first-order valence-electron chi connectivity index (χ1n) is 12.4. The summed E-state index contributed by atoms with van der Waals surface area (Å²) in [5.74, 6) is -0.361. The van der Waals surface area contributed by atoms with Gasteiger partial charge in [0.05, 0.1) is 17.9 Å². The molecular formula is C25H35BrN4O5S. The summed E-state index contributed by atoms with van der Waals surface area (Å²) in [6, 6.07) is 7.57. The topological polar surface area (TPSA) is 112 Å². The Hall–Kier alpha value is -1.79. The highest BCUT2D eigenvalue weighted by Crippen LogP contribution is 2.36. The molecule has 2 aliphatic rings. The number of aliphatic hydroxyl groups is 1. The Morgan fingerprint density at radius 2 is 1.89 bits per heavy atom. The van der Waals surface area contributed by atoms with Gasteiger partial charge in [-0.15, -0.1) is 0 Å². The fourth-order valence-electron chi connectivity index (χ4n) is 5.69. The smallest absolute Gasteiger partial charge is 0.264 e. The molecule has 4 rings (SSSR count). The molecule has 3 atom stereocenters. The van der Waals surface area contributed by atoms with E-state index in [-0.39, 0.29) is 47.7 Å². The predicted octanol–water partition coefficient (Wildman–Crippen LogP) is 2.32. The van der Waals surface area contributed by atoms with E-state index in [1.165, 1.54) is 11.4 Å². The highest BCUT2D eigenvalue weighted by molar-refractivity contribution is 9.10. The largest absolute Gasteiger partial charge is 0.390 e. The van der Waals surface area contributed by atoms with Gasteiger partial charge in [-0.25, -0.2) is 12.7 Å². The molecule has 0 aliphatic carbocycles. The highest BCUT2D eigenvalue weighted by atomic mass is 79.9. The van der Waals surface area contributed by atoms with Crippen molar-refractivity contribution in [2.24, 2.45) is 0 Å². The average Bonchev–Trinajstić information content (AvgIpc) is 2.99. The van der Waals surface area contributed by atoms with Crippen LogP contribution < -0.4 is 10.9 Å². The fraction of sp³-hybridized carbons (Fsp3) is 0.600. The number of aromatic nitrogens is 1. The number of nitrogens with zero attached hydrogens (tertiary/aromatic N) is 3. The van der Waals surface area contributed by atoms with Gasteiger partial charge in [0.2, 0.25) is 10.0 Å². The number of rotatable bonds is 8. The van der Waals surface area contributed by atoms with Gasteiger partial charge in [-0.05, 0) is 57.7 Å². The minimum atomic E-state index is -3.35. The van der Waals surface area contributed by atoms with E-state index in [2.05, 4.69) is 26.1 Å². The minimum absolute atomic E-state index is 0.0502. The summed E-state index contributed by atoms with van der Waals surface area (Å²) in [4.78, 5) is 28.9. The van der Waals surface area contributed by atoms with E-state index in [1.807, 2.05) is 32.0 Å². The van der Waals surface area contributed by atoms with Gasteiger partial charge in [0.25, 0.3) is 11.5 Å². The number of hydrogen-bond acceptors (Lipinski definition) is 6. The number of likely N-dealkylation sites (N-methyl/N-ethyl adjacent to an activating group) is 1. The molecule has 2 saturated heterocycles. The number of sulfonamides is 1. The van der Waals surface area contributed by atoms with Crippen molar-refractivity contribution in [2.75, 3.05) is 26.4 Å². The van der Waals surface area contributed by atoms with Crippen LogP contribution in [0.2, 0.25) is 0 Å². The van der Waals surface area contributed by atoms with Crippen LogP contribution >= 0.6 is 15.9 Å². The molecule has 9 nitrogen and oxygen atoms in total. The Kier molecular flexibility index (Phi) is 7.97. The third-order valence-corrected chi connectivity index (χ3v) is 9.44. The fourth-order valence-corrected chi connectivity index (χ4v) is 6.60. The lowest BCUT2D eigenvalue weighted by atomic mass is 9.96. The van der Waals surface area contributed by atoms with E-state index in [1.54, 1.807) is 10.6 Å². The minimum Gasteiger partial charge on any atom is -0.390 e. The second-order valence-electron chi connectivity index (χ2n) is 10.4. The van der Waals surface area contributed by atoms with E-state index in [0.29, 0.717) is 6.54 Å². The molecule has 2 unspecified atom stereocenters. The van der Waals surface area contributed by atoms with Gasteiger partial charge in [0.1, 0.15) is 5.56 Å². The highest BCUT2D eigenvalue weighted by Gasteiger charge is 2.42. The summed E-state index contributed by atoms with van der Waals surface area (Å²) in [6.07, 6.45) is 3.73. The van der Waals surface area contributed by atoms with Crippen LogP contribution in [0, 0.1) is 0 Å². The number of pyridine rings is 1. The summed E-state index contributed by atoms with van der Waals surface area (Å²) in [5.41, 5.74) is 0.621. The number of amides is 1. The quantitative estimate of drug-likeness (QED) is 0.494. The lowest BCUT2D eigenvalue weighted by Gasteiger charge is -2.40. The molecule has 0 radical (unpaired) electrons. The summed E-state index contributed by atoms with van der Waals surface area (Å²) >= 11 is 3.55. The third kappa shape index (κ3) is 5.55. The number of benzene rings is 1. The summed E-state index contributed by atoms with van der Waals surface area (Å²) in [7, 11) is -1.88. The molecule has 2 fully saturated rings. The summed E-state index contributed by atoms with van der Waals surface area (Å²) in [5, 5.41) is 14.4. The second-order valence-corrected chi connectivity index (χ2v) is 13.4. The predicted molar refractivity (Wildman–Crippen MR) is 144 cm³/mol. The standard InChI is InChI=1S/C25H35BrN4O5S/c1-15(2)30-23-7-5-6-22(26)20(23)12-21(25(30)33)24(32)27-16-10-17-8-9-18(11-16)29(17)14-19(31)13-28(3)36(4,34)35/h5-7,12,15-19,31H,8-11,13-14H2,1-4H3,(H,27,32)/t16?,17?,18?,19-/m0/s1. The number of carbonyl (C=O) groups excluding carboxylic acids is 1. The number of aliphatic hydroxyl groups excluding tert-OH is 1. The number of hydrogen-bond donors (Lipinski definition) is 2. The Morgan fingerprint density at radius 3 is 2.47 bits per heavy atom. The first kappa shape index (κ1) is 27.3. The van der Waals surface area contributed by atoms with Crippen LogP contribution in [0.15, 0.2) is 33.5 Å². The van der Waals surface area contributed by atoms with E-state index in [4.69, 9.17) is 0 Å². The molecule has 36 heavy (non-hydrogen) atoms. The van der Waals surface area contributed by atoms with E-state index in [9.17, 15) is 23.1 Å². The van der Waals surface area contributed by atoms with Crippen molar-refractivity contribution < 1.29 is 18.3 Å². The van der Waals surface area contributed by atoms with Crippen molar-refractivity contribution in [1.29, 1.82) is 0 Å². The van der Waals surface area contributed by atoms with Gasteiger partial charge >= 0.3 is 0 Å². The van der Waals surface area contributed by atoms with E-state index in [0.717, 1.165) is 47.3 Å². The second kappa shape index (κ2) is 10.5. The van der Waals surface area contributed by atoms with Gasteiger partial charge in [0.15, 0.2) is 0 Å². The molecule has 1 aromatic carbocycles. The van der Waals surface area contributed by atoms with Crippen molar-refractivity contribution in [1.82, 2.24) is 19.1 Å². The normalized spacial score (nSPS) is 23.5. The number of piperidine rings is 1. The first-order valence-corrected chi connectivity index (χ1v) is 15.0. The Labute approximate surface area is 220 Å². The molecular weight excluding hydrogens is 548 g/mol. The molecule has 11 heteroatoms. The third-order valence-electron chi connectivity index (χ3n) is 7.46. The molecule has 0 spiro atoms. The zero-order valence-electron chi connectivity index (χ0n) is 21.1. The van der Waals surface area contributed by atoms with Crippen LogP contribution in [-0.2, 0) is 10.0 Å². The van der Waals surface area contributed by atoms with Gasteiger partial charge in [0, 0.05) is 54.2 Å². The zero-order chi connectivity index (χ0) is 26.4. The van der Waals surface area contributed by atoms with Crippen LogP contribution in [-0.4, -0.2) is 83.8 Å². The molecule has 2 aromatic rings. The average molecular weight is 584 g/mol. The van der Waals surface area contributed by atoms with Crippen molar-refractivity contribution in [3.63, 3.8) is 0 Å². The van der Waals surface area contributed by atoms with Crippen molar-refractivity contribution in [3.05, 3.63) is 44.7 Å². The van der Waals surface area contributed by atoms with Gasteiger partial charge in [-0.3, -0.25) is 14.5 Å². The molecule has 2 bridgehead atoms. The van der Waals surface area contributed by atoms with Crippen molar-refractivity contribution in [2.45, 2.75) is 69.8 Å². The van der Waals surface area contributed by atoms with Crippen LogP contribution in [0.3, 0.4) is 0 Å². The van der Waals surface area contributed by atoms with Gasteiger partial charge < -0.3 is 15.0 Å². The SMILES string of the molecule is CC(C)n1c(=O)c(C(=O)NC2CC3CCC(C2)N3C[C@@H](O)CN(C)S(C)(=O)=O)cc2c(Br)cccc21. The Bertz CT molecular complexity index is 1300. The first-order chi connectivity index (χ1) is 16.9. The molecule has 198 valence electrons. The molecule has 0 saturated carbocycles. The zero-order valence-corrected chi connectivity index (χ0v) is 23.5. The Morgan fingerprint density at radius 1 is 1.25 bits per heavy atom. The number of fused-ring (bicyclic) bond motifs is 3. The van der Waals surface area contributed by atoms with E-state index >= 15 is 0 Å². The maximum atomic E-state index is 13.3. The molecule has 3 heterocycles. The molecule has 2 aliphatic heterocycles. The summed E-state index contributed by atoms with van der Waals surface area (Å²) < 4.78 is 27.0. The van der Waals surface area contributed by atoms with Crippen LogP contribution in [0.1, 0.15) is 55.9 Å². The number of halogens is 1. The Balaban J connectivity index is 1.47. The molecule has 1 amide bonds. The van der Waals surface area contributed by atoms with E-state index < -0.39 is 16.1 Å². The lowest BCUT2D eigenvalue weighted by Crippen LogP contribution is -2.53. The van der Waals surface area contributed by atoms with Crippen LogP contribution in [0.25, 0.3) is 10.9 Å². The summed E-state index contributed by atoms with van der Waals surface area (Å²) in [6.45, 7) is 4.31. The maximum absolute atomic E-state index is 13.3. The maximum Gasteiger partial charge on any atom is 0.264 e. The van der Waals surface area contributed by atoms with Gasteiger partial charge in [-0.2, -0.15) is 0 Å². The van der Waals surface area contributed by atoms with Crippen molar-refractivity contribution >= 4 is 42.8 Å². The number of nitrogens with one attached hydrogen (secondary N) is 1. The van der Waals surface area contributed by atoms with Gasteiger partial charge in [-0.1, -0.05) is 22.0 Å². The monoisotopic (exact) mass is 582 g/mol. The van der Waals surface area contributed by atoms with Crippen molar-refractivity contribution in [3.8, 4) is 0 Å². The van der Waals surface area contributed by atoms with Crippen LogP contribution in [0.5, 0.6) is 0 Å². The number of carbonyl (C=O) groups is 1. The molecule has 1 aromatic heterocycles. The lowest BCUT2D eigenvalue weighted by molar-refractivity contribution is 0.0448. The van der Waals surface area contributed by atoms with Crippen LogP contribution in [0.4, 0.5) is 0 Å². The molecule has 2 N–H and O–H groups in total.